The molecule has 3 aromatic rings. The molecule has 1 N–H and O–H groups in total. The second-order valence-corrected chi connectivity index (χ2v) is 8.38. The van der Waals surface area contributed by atoms with Crippen LogP contribution < -0.4 is 28.4 Å². The zero-order chi connectivity index (χ0) is 26.0. The molecule has 0 fully saturated rings. The third-order valence-corrected chi connectivity index (χ3v) is 6.62. The first-order chi connectivity index (χ1) is 17.4. The molecule has 8 heteroatoms. The van der Waals surface area contributed by atoms with Gasteiger partial charge in [0, 0.05) is 23.0 Å². The van der Waals surface area contributed by atoms with E-state index in [2.05, 4.69) is 0 Å². The van der Waals surface area contributed by atoms with Crippen molar-refractivity contribution in [3.8, 4) is 40.2 Å². The predicted molar refractivity (Wildman–Crippen MR) is 134 cm³/mol. The van der Waals surface area contributed by atoms with Gasteiger partial charge in [-0.15, -0.1) is 0 Å². The van der Waals surface area contributed by atoms with Crippen molar-refractivity contribution in [3.63, 3.8) is 0 Å². The lowest BCUT2D eigenvalue weighted by atomic mass is 9.81. The molecule has 0 aromatic heterocycles. The molecule has 0 bridgehead atoms. The van der Waals surface area contributed by atoms with Crippen molar-refractivity contribution in [2.75, 3.05) is 42.7 Å². The number of rotatable bonds is 9. The second kappa shape index (κ2) is 10.3. The van der Waals surface area contributed by atoms with Crippen molar-refractivity contribution in [1.82, 2.24) is 0 Å². The summed E-state index contributed by atoms with van der Waals surface area (Å²) in [6.07, 6.45) is 0.433. The summed E-state index contributed by atoms with van der Waals surface area (Å²) >= 11 is 0. The van der Waals surface area contributed by atoms with Gasteiger partial charge in [0.25, 0.3) is 0 Å². The molecular formula is C28H30O8. The summed E-state index contributed by atoms with van der Waals surface area (Å²) < 4.78 is 33.7. The van der Waals surface area contributed by atoms with E-state index in [0.717, 1.165) is 11.1 Å². The van der Waals surface area contributed by atoms with Crippen molar-refractivity contribution in [2.45, 2.75) is 12.3 Å². The van der Waals surface area contributed by atoms with E-state index in [0.29, 0.717) is 52.0 Å². The van der Waals surface area contributed by atoms with Crippen LogP contribution in [0.15, 0.2) is 42.5 Å². The first-order valence-corrected chi connectivity index (χ1v) is 11.4. The van der Waals surface area contributed by atoms with Crippen LogP contribution in [0.1, 0.15) is 33.0 Å². The molecule has 0 saturated carbocycles. The summed E-state index contributed by atoms with van der Waals surface area (Å²) in [5.41, 5.74) is 2.92. The van der Waals surface area contributed by atoms with E-state index < -0.39 is 11.8 Å². The standard InChI is InChI=1S/C28H30O8/c1-31-20-12-16(13-21(32-2)26(20)34-4)23-18(11-15-7-9-17(29)10-8-15)25(30)19-14-22(33-3)27(35-5)28(36-6)24(19)23/h7-10,12-14,18,23,29H,11H2,1-6H3. The van der Waals surface area contributed by atoms with Crippen LogP contribution in [0.3, 0.4) is 0 Å². The van der Waals surface area contributed by atoms with E-state index in [4.69, 9.17) is 28.4 Å². The minimum Gasteiger partial charge on any atom is -0.508 e. The van der Waals surface area contributed by atoms with Gasteiger partial charge in [-0.3, -0.25) is 4.79 Å². The molecule has 0 aliphatic heterocycles. The average molecular weight is 495 g/mol. The van der Waals surface area contributed by atoms with Crippen LogP contribution in [0, 0.1) is 5.92 Å². The molecule has 1 aliphatic rings. The highest BCUT2D eigenvalue weighted by atomic mass is 16.5. The van der Waals surface area contributed by atoms with Crippen molar-refractivity contribution in [1.29, 1.82) is 0 Å². The van der Waals surface area contributed by atoms with Crippen LogP contribution in [0.25, 0.3) is 0 Å². The molecule has 0 amide bonds. The number of hydrogen-bond donors (Lipinski definition) is 1. The van der Waals surface area contributed by atoms with E-state index in [1.54, 1.807) is 46.6 Å². The number of phenolic OH excluding ortho intramolecular Hbond substituents is 1. The maximum Gasteiger partial charge on any atom is 0.203 e. The largest absolute Gasteiger partial charge is 0.508 e. The van der Waals surface area contributed by atoms with Crippen molar-refractivity contribution >= 4 is 5.78 Å². The number of methoxy groups -OCH3 is 6. The summed E-state index contributed by atoms with van der Waals surface area (Å²) in [4.78, 5) is 13.9. The fourth-order valence-electron chi connectivity index (χ4n) is 5.02. The zero-order valence-electron chi connectivity index (χ0n) is 21.2. The Labute approximate surface area is 210 Å². The predicted octanol–water partition coefficient (Wildman–Crippen LogP) is 4.63. The second-order valence-electron chi connectivity index (χ2n) is 8.38. The minimum absolute atomic E-state index is 0.0453. The Kier molecular flexibility index (Phi) is 7.15. The van der Waals surface area contributed by atoms with Gasteiger partial charge in [-0.2, -0.15) is 0 Å². The van der Waals surface area contributed by atoms with E-state index in [1.165, 1.54) is 14.2 Å². The number of fused-ring (bicyclic) bond motifs is 1. The molecule has 0 saturated heterocycles. The average Bonchev–Trinajstić information content (AvgIpc) is 3.18. The number of carbonyl (C=O) groups is 1. The van der Waals surface area contributed by atoms with Crippen LogP contribution in [0.5, 0.6) is 40.2 Å². The highest BCUT2D eigenvalue weighted by molar-refractivity contribution is 6.06. The molecule has 1 aliphatic carbocycles. The quantitative estimate of drug-likeness (QED) is 0.460. The molecule has 0 heterocycles. The maximum absolute atomic E-state index is 13.9. The first kappa shape index (κ1) is 25.0. The summed E-state index contributed by atoms with van der Waals surface area (Å²) in [6.45, 7) is 0. The molecule has 2 unspecified atom stereocenters. The van der Waals surface area contributed by atoms with Crippen LogP contribution in [0.4, 0.5) is 0 Å². The molecular weight excluding hydrogens is 464 g/mol. The SMILES string of the molecule is COc1cc(C2c3c(cc(OC)c(OC)c3OC)C(=O)C2Cc2ccc(O)cc2)cc(OC)c1OC. The van der Waals surface area contributed by atoms with Gasteiger partial charge in [0.2, 0.25) is 11.5 Å². The van der Waals surface area contributed by atoms with Crippen LogP contribution in [0.2, 0.25) is 0 Å². The van der Waals surface area contributed by atoms with Gasteiger partial charge < -0.3 is 33.5 Å². The lowest BCUT2D eigenvalue weighted by Gasteiger charge is -2.24. The molecule has 36 heavy (non-hydrogen) atoms. The van der Waals surface area contributed by atoms with Gasteiger partial charge >= 0.3 is 0 Å². The number of Topliss-reactive ketones (excluding diaryl/α,β-unsaturated/α-hetero) is 1. The minimum atomic E-state index is -0.474. The van der Waals surface area contributed by atoms with Crippen LogP contribution in [-0.2, 0) is 6.42 Å². The smallest absolute Gasteiger partial charge is 0.203 e. The number of carbonyl (C=O) groups excluding carboxylic acids is 1. The molecule has 0 radical (unpaired) electrons. The Morgan fingerprint density at radius 2 is 1.22 bits per heavy atom. The van der Waals surface area contributed by atoms with Gasteiger partial charge in [-0.05, 0) is 47.9 Å². The van der Waals surface area contributed by atoms with E-state index in [1.807, 2.05) is 24.3 Å². The monoisotopic (exact) mass is 494 g/mol. The van der Waals surface area contributed by atoms with Crippen molar-refractivity contribution in [2.24, 2.45) is 5.92 Å². The van der Waals surface area contributed by atoms with Crippen LogP contribution >= 0.6 is 0 Å². The lowest BCUT2D eigenvalue weighted by Crippen LogP contribution is -2.18. The van der Waals surface area contributed by atoms with Gasteiger partial charge in [0.1, 0.15) is 5.75 Å². The molecule has 0 spiro atoms. The number of hydrogen-bond acceptors (Lipinski definition) is 8. The highest BCUT2D eigenvalue weighted by Crippen LogP contribution is 2.55. The molecule has 3 aromatic carbocycles. The Morgan fingerprint density at radius 3 is 1.72 bits per heavy atom. The van der Waals surface area contributed by atoms with E-state index in [9.17, 15) is 9.90 Å². The van der Waals surface area contributed by atoms with Gasteiger partial charge in [0.15, 0.2) is 28.8 Å². The summed E-state index contributed by atoms with van der Waals surface area (Å²) in [5.74, 6) is 1.92. The van der Waals surface area contributed by atoms with Crippen molar-refractivity contribution in [3.05, 3.63) is 64.7 Å². The number of aromatic hydroxyl groups is 1. The number of ether oxygens (including phenoxy) is 6. The number of ketones is 1. The molecule has 190 valence electrons. The zero-order valence-corrected chi connectivity index (χ0v) is 21.2. The Bertz CT molecular complexity index is 1240. The third-order valence-electron chi connectivity index (χ3n) is 6.62. The summed E-state index contributed by atoms with van der Waals surface area (Å²) in [6, 6.07) is 12.3. The van der Waals surface area contributed by atoms with Gasteiger partial charge in [-0.1, -0.05) is 12.1 Å². The number of benzene rings is 3. The van der Waals surface area contributed by atoms with Gasteiger partial charge in [0.05, 0.1) is 42.7 Å². The molecule has 8 nitrogen and oxygen atoms in total. The molecule has 4 rings (SSSR count). The normalized spacial score (nSPS) is 16.3. The molecule has 2 atom stereocenters. The fraction of sp³-hybridized carbons (Fsp3) is 0.321. The number of phenols is 1. The first-order valence-electron chi connectivity index (χ1n) is 11.4. The fourth-order valence-corrected chi connectivity index (χ4v) is 5.02. The summed E-state index contributed by atoms with van der Waals surface area (Å²) in [7, 11) is 9.25. The summed E-state index contributed by atoms with van der Waals surface area (Å²) in [5, 5.41) is 9.74. The highest BCUT2D eigenvalue weighted by Gasteiger charge is 2.45. The van der Waals surface area contributed by atoms with Crippen LogP contribution in [-0.4, -0.2) is 53.5 Å². The third kappa shape index (κ3) is 4.12. The van der Waals surface area contributed by atoms with Gasteiger partial charge in [-0.25, -0.2) is 0 Å². The Morgan fingerprint density at radius 1 is 0.694 bits per heavy atom. The topological polar surface area (TPSA) is 92.7 Å². The lowest BCUT2D eigenvalue weighted by molar-refractivity contribution is 0.0928. The van der Waals surface area contributed by atoms with E-state index in [-0.39, 0.29) is 11.5 Å². The van der Waals surface area contributed by atoms with Crippen molar-refractivity contribution < 1.29 is 38.3 Å². The maximum atomic E-state index is 13.9. The van der Waals surface area contributed by atoms with E-state index >= 15 is 0 Å². The Balaban J connectivity index is 1.99. The Hall–Kier alpha value is -4.07.